The number of methoxy groups -OCH3 is 2. The summed E-state index contributed by atoms with van der Waals surface area (Å²) >= 11 is 7.46. The van der Waals surface area contributed by atoms with Crippen LogP contribution in [0.4, 0.5) is 5.13 Å². The fourth-order valence-electron chi connectivity index (χ4n) is 2.50. The Kier molecular flexibility index (Phi) is 5.27. The molecule has 3 rings (SSSR count). The molecule has 0 aliphatic rings. The summed E-state index contributed by atoms with van der Waals surface area (Å²) in [4.78, 5) is 9.38. The number of aromatic nitrogens is 2. The Morgan fingerprint density at radius 1 is 1.04 bits per heavy atom. The van der Waals surface area contributed by atoms with Crippen LogP contribution >= 0.6 is 22.9 Å². The minimum atomic E-state index is -3.42. The number of pyridine rings is 1. The standard InChI is InChI=1S/C17H16ClN3O4S2/c1-24-13-7-10(8-14(20-13)25-2)15-16(26-17(19)21-15)9-4-5-12(11(18)6-9)27(3,22)23/h4-8H,1-3H3,(H2,19,21). The SMILES string of the molecule is COc1cc(-c2nc(N)sc2-c2ccc(S(C)(=O)=O)c(Cl)c2)cc(OC)n1. The van der Waals surface area contributed by atoms with Gasteiger partial charge in [0, 0.05) is 24.0 Å². The minimum absolute atomic E-state index is 0.0687. The largest absolute Gasteiger partial charge is 0.481 e. The lowest BCUT2D eigenvalue weighted by atomic mass is 10.1. The number of rotatable bonds is 5. The van der Waals surface area contributed by atoms with E-state index in [0.29, 0.717) is 33.7 Å². The van der Waals surface area contributed by atoms with Gasteiger partial charge < -0.3 is 15.2 Å². The number of anilines is 1. The van der Waals surface area contributed by atoms with Crippen molar-refractivity contribution in [2.75, 3.05) is 26.2 Å². The van der Waals surface area contributed by atoms with Crippen LogP contribution in [-0.2, 0) is 9.84 Å². The van der Waals surface area contributed by atoms with Gasteiger partial charge in [0.1, 0.15) is 0 Å². The molecule has 0 amide bonds. The van der Waals surface area contributed by atoms with Crippen LogP contribution < -0.4 is 15.2 Å². The van der Waals surface area contributed by atoms with Crippen LogP contribution in [0.15, 0.2) is 35.2 Å². The molecule has 27 heavy (non-hydrogen) atoms. The second kappa shape index (κ2) is 7.34. The van der Waals surface area contributed by atoms with Crippen molar-refractivity contribution in [1.29, 1.82) is 0 Å². The highest BCUT2D eigenvalue weighted by Gasteiger charge is 2.19. The minimum Gasteiger partial charge on any atom is -0.481 e. The van der Waals surface area contributed by atoms with Crippen molar-refractivity contribution in [3.63, 3.8) is 0 Å². The zero-order valence-electron chi connectivity index (χ0n) is 14.7. The molecule has 0 aliphatic carbocycles. The molecule has 0 bridgehead atoms. The second-order valence-corrected chi connectivity index (χ2v) is 9.01. The van der Waals surface area contributed by atoms with Gasteiger partial charge in [-0.2, -0.15) is 4.98 Å². The summed E-state index contributed by atoms with van der Waals surface area (Å²) in [5.41, 5.74) is 7.93. The summed E-state index contributed by atoms with van der Waals surface area (Å²) in [7, 11) is -0.407. The highest BCUT2D eigenvalue weighted by atomic mass is 35.5. The second-order valence-electron chi connectivity index (χ2n) is 5.59. The van der Waals surface area contributed by atoms with E-state index < -0.39 is 9.84 Å². The average Bonchev–Trinajstić information content (AvgIpc) is 3.02. The number of nitrogen functional groups attached to an aromatic ring is 1. The quantitative estimate of drug-likeness (QED) is 0.666. The van der Waals surface area contributed by atoms with Gasteiger partial charge in [0.15, 0.2) is 15.0 Å². The van der Waals surface area contributed by atoms with Crippen LogP contribution in [0, 0.1) is 0 Å². The van der Waals surface area contributed by atoms with Crippen molar-refractivity contribution < 1.29 is 17.9 Å². The summed E-state index contributed by atoms with van der Waals surface area (Å²) in [5.74, 6) is 0.736. The van der Waals surface area contributed by atoms with E-state index in [1.807, 2.05) is 0 Å². The summed E-state index contributed by atoms with van der Waals surface area (Å²) in [6, 6.07) is 8.17. The van der Waals surface area contributed by atoms with E-state index in [2.05, 4.69) is 9.97 Å². The Morgan fingerprint density at radius 2 is 1.67 bits per heavy atom. The van der Waals surface area contributed by atoms with Gasteiger partial charge in [-0.25, -0.2) is 13.4 Å². The molecule has 0 unspecified atom stereocenters. The van der Waals surface area contributed by atoms with Gasteiger partial charge in [-0.1, -0.05) is 29.0 Å². The normalized spacial score (nSPS) is 11.4. The Bertz CT molecular complexity index is 1090. The van der Waals surface area contributed by atoms with Crippen LogP contribution in [-0.4, -0.2) is 38.9 Å². The number of nitrogens with two attached hydrogens (primary N) is 1. The summed E-state index contributed by atoms with van der Waals surface area (Å²) in [6.07, 6.45) is 1.11. The lowest BCUT2D eigenvalue weighted by molar-refractivity contribution is 0.365. The average molecular weight is 426 g/mol. The number of ether oxygens (including phenoxy) is 2. The summed E-state index contributed by atoms with van der Waals surface area (Å²) in [5, 5.41) is 0.496. The maximum Gasteiger partial charge on any atom is 0.216 e. The third kappa shape index (κ3) is 4.00. The van der Waals surface area contributed by atoms with Gasteiger partial charge in [-0.3, -0.25) is 0 Å². The van der Waals surface area contributed by atoms with Crippen molar-refractivity contribution >= 4 is 37.9 Å². The van der Waals surface area contributed by atoms with Crippen molar-refractivity contribution in [2.45, 2.75) is 4.90 Å². The van der Waals surface area contributed by atoms with Crippen molar-refractivity contribution in [2.24, 2.45) is 0 Å². The molecule has 0 saturated carbocycles. The number of nitrogens with zero attached hydrogens (tertiary/aromatic N) is 2. The number of thiazole rings is 1. The molecule has 0 atom stereocenters. The molecule has 7 nitrogen and oxygen atoms in total. The molecule has 0 radical (unpaired) electrons. The maximum absolute atomic E-state index is 11.8. The van der Waals surface area contributed by atoms with E-state index in [1.54, 1.807) is 24.3 Å². The molecular weight excluding hydrogens is 410 g/mol. The van der Waals surface area contributed by atoms with E-state index in [4.69, 9.17) is 26.8 Å². The van der Waals surface area contributed by atoms with E-state index in [9.17, 15) is 8.42 Å². The zero-order chi connectivity index (χ0) is 19.8. The number of benzene rings is 1. The summed E-state index contributed by atoms with van der Waals surface area (Å²) in [6.45, 7) is 0. The highest BCUT2D eigenvalue weighted by molar-refractivity contribution is 7.90. The fourth-order valence-corrected chi connectivity index (χ4v) is 4.68. The van der Waals surface area contributed by atoms with Gasteiger partial charge in [0.2, 0.25) is 11.8 Å². The number of sulfone groups is 1. The van der Waals surface area contributed by atoms with Gasteiger partial charge in [-0.15, -0.1) is 0 Å². The van der Waals surface area contributed by atoms with Gasteiger partial charge in [-0.05, 0) is 17.7 Å². The Balaban J connectivity index is 2.17. The van der Waals surface area contributed by atoms with Gasteiger partial charge >= 0.3 is 0 Å². The maximum atomic E-state index is 11.8. The van der Waals surface area contributed by atoms with Crippen molar-refractivity contribution in [3.8, 4) is 33.5 Å². The van der Waals surface area contributed by atoms with Crippen molar-refractivity contribution in [3.05, 3.63) is 35.4 Å². The predicted octanol–water partition coefficient (Wildman–Crippen LogP) is 3.53. The van der Waals surface area contributed by atoms with Crippen LogP contribution in [0.5, 0.6) is 11.8 Å². The number of hydrogen-bond donors (Lipinski definition) is 1. The molecule has 0 aliphatic heterocycles. The third-order valence-electron chi connectivity index (χ3n) is 3.71. The fraction of sp³-hybridized carbons (Fsp3) is 0.176. The molecule has 2 heterocycles. The highest BCUT2D eigenvalue weighted by Crippen LogP contribution is 2.41. The molecular formula is C17H16ClN3O4S2. The molecule has 0 spiro atoms. The van der Waals surface area contributed by atoms with Gasteiger partial charge in [0.05, 0.1) is 34.7 Å². The molecule has 3 aromatic rings. The lowest BCUT2D eigenvalue weighted by Crippen LogP contribution is -1.98. The van der Waals surface area contributed by atoms with Crippen LogP contribution in [0.2, 0.25) is 5.02 Å². The first-order chi connectivity index (χ1) is 12.7. The molecule has 2 aromatic heterocycles. The van der Waals surface area contributed by atoms with Crippen LogP contribution in [0.3, 0.4) is 0 Å². The monoisotopic (exact) mass is 425 g/mol. The lowest BCUT2D eigenvalue weighted by Gasteiger charge is -2.09. The Hall–Kier alpha value is -2.36. The first kappa shape index (κ1) is 19.4. The first-order valence-corrected chi connectivity index (χ1v) is 10.7. The summed E-state index contributed by atoms with van der Waals surface area (Å²) < 4.78 is 34.0. The van der Waals surface area contributed by atoms with E-state index in [0.717, 1.165) is 11.1 Å². The molecule has 1 aromatic carbocycles. The Labute approximate surface area is 165 Å². The molecule has 0 saturated heterocycles. The molecule has 10 heteroatoms. The predicted molar refractivity (Wildman–Crippen MR) is 106 cm³/mol. The van der Waals surface area contributed by atoms with Crippen molar-refractivity contribution in [1.82, 2.24) is 9.97 Å². The van der Waals surface area contributed by atoms with E-state index in [-0.39, 0.29) is 9.92 Å². The van der Waals surface area contributed by atoms with E-state index in [1.165, 1.54) is 31.6 Å². The van der Waals surface area contributed by atoms with Gasteiger partial charge in [0.25, 0.3) is 0 Å². The molecule has 142 valence electrons. The smallest absolute Gasteiger partial charge is 0.216 e. The molecule has 0 fully saturated rings. The molecule has 2 N–H and O–H groups in total. The zero-order valence-corrected chi connectivity index (χ0v) is 17.1. The third-order valence-corrected chi connectivity index (χ3v) is 6.22. The first-order valence-electron chi connectivity index (χ1n) is 7.59. The van der Waals surface area contributed by atoms with Crippen LogP contribution in [0.1, 0.15) is 0 Å². The van der Waals surface area contributed by atoms with E-state index >= 15 is 0 Å². The number of hydrogen-bond acceptors (Lipinski definition) is 8. The van der Waals surface area contributed by atoms with Crippen LogP contribution in [0.25, 0.3) is 21.7 Å². The number of halogens is 1. The topological polar surface area (TPSA) is 104 Å². The Morgan fingerprint density at radius 3 is 2.19 bits per heavy atom.